The zero-order valence-electron chi connectivity index (χ0n) is 19.5. The minimum absolute atomic E-state index is 0.0657. The van der Waals surface area contributed by atoms with Gasteiger partial charge in [0.2, 0.25) is 0 Å². The first kappa shape index (κ1) is 27.1. The molecule has 0 aliphatic heterocycles. The molecule has 184 valence electrons. The van der Waals surface area contributed by atoms with Gasteiger partial charge < -0.3 is 24.1 Å². The molecule has 0 spiro atoms. The van der Waals surface area contributed by atoms with Gasteiger partial charge in [0.1, 0.15) is 17.2 Å². The fourth-order valence-corrected chi connectivity index (χ4v) is 2.49. The Morgan fingerprint density at radius 1 is 0.829 bits per heavy atom. The summed E-state index contributed by atoms with van der Waals surface area (Å²) in [7, 11) is 0. The topological polar surface area (TPSA) is 108 Å². The lowest BCUT2D eigenvalue weighted by Crippen LogP contribution is -2.12. The van der Waals surface area contributed by atoms with Gasteiger partial charge in [-0.15, -0.1) is 0 Å². The number of carbonyl (C=O) groups excluding carboxylic acids is 3. The minimum atomic E-state index is -0.738. The number of rotatable bonds is 13. The van der Waals surface area contributed by atoms with Crippen molar-refractivity contribution in [3.8, 4) is 17.2 Å². The van der Waals surface area contributed by atoms with Crippen LogP contribution in [0, 0.1) is 0 Å². The molecule has 2 aromatic carbocycles. The van der Waals surface area contributed by atoms with Crippen molar-refractivity contribution >= 4 is 24.0 Å². The maximum atomic E-state index is 12.1. The number of ether oxygens (including phenoxy) is 4. The van der Waals surface area contributed by atoms with Crippen molar-refractivity contribution in [2.75, 3.05) is 19.8 Å². The summed E-state index contributed by atoms with van der Waals surface area (Å²) in [5.41, 5.74) is 1.10. The Labute approximate surface area is 204 Å². The van der Waals surface area contributed by atoms with E-state index >= 15 is 0 Å². The van der Waals surface area contributed by atoms with Gasteiger partial charge in [-0.1, -0.05) is 25.3 Å². The van der Waals surface area contributed by atoms with Crippen LogP contribution in [0.15, 0.2) is 78.9 Å². The maximum Gasteiger partial charge on any atom is 0.341 e. The number of esters is 3. The second kappa shape index (κ2) is 14.2. The second-order valence-electron chi connectivity index (χ2n) is 7.42. The zero-order chi connectivity index (χ0) is 25.6. The second-order valence-corrected chi connectivity index (χ2v) is 7.42. The van der Waals surface area contributed by atoms with E-state index in [1.807, 2.05) is 0 Å². The van der Waals surface area contributed by atoms with Crippen LogP contribution in [0.2, 0.25) is 0 Å². The first-order chi connectivity index (χ1) is 16.8. The third-order valence-corrected chi connectivity index (χ3v) is 4.41. The van der Waals surface area contributed by atoms with Crippen LogP contribution in [0.4, 0.5) is 0 Å². The summed E-state index contributed by atoms with van der Waals surface area (Å²) in [6.07, 6.45) is 4.33. The van der Waals surface area contributed by atoms with Gasteiger partial charge in [-0.05, 0) is 67.8 Å². The number of unbranched alkanes of at least 4 members (excludes halogenated alkanes) is 1. The molecular formula is C27H28O8. The molecule has 0 aromatic heterocycles. The van der Waals surface area contributed by atoms with Crippen LogP contribution in [-0.2, 0) is 19.1 Å². The number of carbonyl (C=O) groups is 3. The summed E-state index contributed by atoms with van der Waals surface area (Å²) in [4.78, 5) is 34.9. The highest BCUT2D eigenvalue weighted by Gasteiger charge is 2.09. The average Bonchev–Trinajstić information content (AvgIpc) is 2.85. The van der Waals surface area contributed by atoms with Crippen LogP contribution in [0.5, 0.6) is 17.2 Å². The molecule has 0 atom stereocenters. The summed E-state index contributed by atoms with van der Waals surface area (Å²) >= 11 is 0. The Hall–Kier alpha value is -4.17. The summed E-state index contributed by atoms with van der Waals surface area (Å²) in [5, 5.41) is 8.88. The van der Waals surface area contributed by atoms with Gasteiger partial charge in [-0.3, -0.25) is 0 Å². The Balaban J connectivity index is 1.73. The van der Waals surface area contributed by atoms with Gasteiger partial charge in [0, 0.05) is 11.6 Å². The molecule has 0 unspecified atom stereocenters. The van der Waals surface area contributed by atoms with E-state index in [2.05, 4.69) is 13.2 Å². The van der Waals surface area contributed by atoms with Crippen molar-refractivity contribution in [3.05, 3.63) is 84.5 Å². The molecule has 1 N–H and O–H groups in total. The normalized spacial score (nSPS) is 10.5. The lowest BCUT2D eigenvalue weighted by atomic mass is 10.2. The molecule has 0 aliphatic carbocycles. The molecule has 0 heterocycles. The molecule has 0 amide bonds. The molecule has 2 aromatic rings. The molecule has 2 rings (SSSR count). The van der Waals surface area contributed by atoms with E-state index in [9.17, 15) is 14.4 Å². The van der Waals surface area contributed by atoms with Gasteiger partial charge in [-0.2, -0.15) is 0 Å². The van der Waals surface area contributed by atoms with E-state index in [1.54, 1.807) is 37.3 Å². The molecule has 0 fully saturated rings. The van der Waals surface area contributed by atoms with Gasteiger partial charge in [0.05, 0.1) is 25.4 Å². The summed E-state index contributed by atoms with van der Waals surface area (Å²) in [6.45, 7) is 8.83. The first-order valence-electron chi connectivity index (χ1n) is 10.8. The maximum absolute atomic E-state index is 12.1. The zero-order valence-corrected chi connectivity index (χ0v) is 19.5. The third kappa shape index (κ3) is 10.1. The van der Waals surface area contributed by atoms with Crippen LogP contribution >= 0.6 is 0 Å². The average molecular weight is 481 g/mol. The van der Waals surface area contributed by atoms with E-state index in [-0.39, 0.29) is 23.0 Å². The quantitative estimate of drug-likeness (QED) is 0.198. The van der Waals surface area contributed by atoms with Crippen molar-refractivity contribution in [2.45, 2.75) is 19.8 Å². The number of hydrogen-bond donors (Lipinski definition) is 1. The molecule has 35 heavy (non-hydrogen) atoms. The molecule has 8 heteroatoms. The van der Waals surface area contributed by atoms with Crippen molar-refractivity contribution in [2.24, 2.45) is 0 Å². The Morgan fingerprint density at radius 2 is 1.40 bits per heavy atom. The molecule has 0 saturated carbocycles. The van der Waals surface area contributed by atoms with Crippen molar-refractivity contribution in [1.29, 1.82) is 0 Å². The number of aliphatic hydroxyl groups excluding tert-OH is 1. The molecule has 0 saturated heterocycles. The minimum Gasteiger partial charge on any atom is -0.494 e. The fourth-order valence-electron chi connectivity index (χ4n) is 2.49. The van der Waals surface area contributed by atoms with Crippen LogP contribution < -0.4 is 14.2 Å². The first-order valence-corrected chi connectivity index (χ1v) is 10.8. The largest absolute Gasteiger partial charge is 0.494 e. The van der Waals surface area contributed by atoms with Crippen molar-refractivity contribution in [1.82, 2.24) is 0 Å². The molecular weight excluding hydrogens is 452 g/mol. The molecule has 8 nitrogen and oxygen atoms in total. The van der Waals surface area contributed by atoms with Crippen molar-refractivity contribution < 1.29 is 38.4 Å². The number of aliphatic hydroxyl groups is 1. The third-order valence-electron chi connectivity index (χ3n) is 4.41. The predicted octanol–water partition coefficient (Wildman–Crippen LogP) is 4.04. The summed E-state index contributed by atoms with van der Waals surface area (Å²) in [5.74, 6) is -0.505. The van der Waals surface area contributed by atoms with Gasteiger partial charge in [0.15, 0.2) is 0 Å². The standard InChI is InChI=1S/C27H28O8/c1-19(2)26(30)33-17-5-4-16-32-22-9-6-21(7-10-22)8-15-25(29)34-23-11-13-24(14-12-23)35-27(31)20(3)18-28/h6-15,28H,1,3-5,16-18H2,2H3/b15-8+. The Bertz CT molecular complexity index is 1070. The highest BCUT2D eigenvalue weighted by Crippen LogP contribution is 2.19. The number of benzene rings is 2. The summed E-state index contributed by atoms with van der Waals surface area (Å²) in [6, 6.07) is 13.1. The highest BCUT2D eigenvalue weighted by atomic mass is 16.5. The van der Waals surface area contributed by atoms with Crippen molar-refractivity contribution in [3.63, 3.8) is 0 Å². The fraction of sp³-hybridized carbons (Fsp3) is 0.222. The summed E-state index contributed by atoms with van der Waals surface area (Å²) < 4.78 is 20.9. The van der Waals surface area contributed by atoms with Gasteiger partial charge in [-0.25, -0.2) is 14.4 Å². The van der Waals surface area contributed by atoms with Crippen LogP contribution in [0.1, 0.15) is 25.3 Å². The van der Waals surface area contributed by atoms with E-state index in [1.165, 1.54) is 30.3 Å². The molecule has 0 radical (unpaired) electrons. The van der Waals surface area contributed by atoms with Gasteiger partial charge in [0.25, 0.3) is 0 Å². The lowest BCUT2D eigenvalue weighted by Gasteiger charge is -2.07. The smallest absolute Gasteiger partial charge is 0.341 e. The highest BCUT2D eigenvalue weighted by molar-refractivity contribution is 5.90. The molecule has 0 aliphatic rings. The van der Waals surface area contributed by atoms with E-state index < -0.39 is 18.5 Å². The molecule has 0 bridgehead atoms. The van der Waals surface area contributed by atoms with Crippen LogP contribution in [-0.4, -0.2) is 42.8 Å². The van der Waals surface area contributed by atoms with E-state index in [4.69, 9.17) is 24.1 Å². The Morgan fingerprint density at radius 3 is 2.00 bits per heavy atom. The Kier molecular flexibility index (Phi) is 11.0. The van der Waals surface area contributed by atoms with Gasteiger partial charge >= 0.3 is 17.9 Å². The number of hydrogen-bond acceptors (Lipinski definition) is 8. The van der Waals surface area contributed by atoms with Crippen LogP contribution in [0.3, 0.4) is 0 Å². The van der Waals surface area contributed by atoms with Crippen LogP contribution in [0.25, 0.3) is 6.08 Å². The predicted molar refractivity (Wildman–Crippen MR) is 130 cm³/mol. The van der Waals surface area contributed by atoms with E-state index in [0.29, 0.717) is 31.0 Å². The van der Waals surface area contributed by atoms with E-state index in [0.717, 1.165) is 12.0 Å². The SMILES string of the molecule is C=C(C)C(=O)OCCCCOc1ccc(/C=C/C(=O)Oc2ccc(OC(=O)C(=C)CO)cc2)cc1. The monoisotopic (exact) mass is 480 g/mol. The lowest BCUT2D eigenvalue weighted by molar-refractivity contribution is -0.139.